The van der Waals surface area contributed by atoms with E-state index in [0.29, 0.717) is 31.5 Å². The first-order chi connectivity index (χ1) is 19.4. The van der Waals surface area contributed by atoms with Crippen LogP contribution in [0.4, 0.5) is 23.2 Å². The molecule has 3 aliphatic rings. The first-order valence-electron chi connectivity index (χ1n) is 14.1. The molecule has 2 heterocycles. The fourth-order valence-electron chi connectivity index (χ4n) is 6.57. The third kappa shape index (κ3) is 6.30. The Hall–Kier alpha value is -2.54. The van der Waals surface area contributed by atoms with Crippen molar-refractivity contribution in [3.8, 4) is 0 Å². The second-order valence-corrected chi connectivity index (χ2v) is 13.6. The molecule has 0 aromatic heterocycles. The number of carbonyl (C=O) groups excluding carboxylic acids is 1. The lowest BCUT2D eigenvalue weighted by atomic mass is 9.64. The van der Waals surface area contributed by atoms with E-state index < -0.39 is 57.8 Å². The van der Waals surface area contributed by atoms with Crippen molar-refractivity contribution < 1.29 is 30.8 Å². The highest BCUT2D eigenvalue weighted by molar-refractivity contribution is 7.89. The van der Waals surface area contributed by atoms with E-state index >= 15 is 4.39 Å². The highest BCUT2D eigenvalue weighted by Crippen LogP contribution is 2.47. The van der Waals surface area contributed by atoms with Crippen molar-refractivity contribution in [2.24, 2.45) is 5.73 Å². The first kappa shape index (κ1) is 29.9. The Bertz CT molecular complexity index is 1360. The fraction of sp³-hybridized carbons (Fsp3) is 0.552. The lowest BCUT2D eigenvalue weighted by Crippen LogP contribution is -2.57. The van der Waals surface area contributed by atoms with Crippen molar-refractivity contribution in [3.63, 3.8) is 0 Å². The normalized spacial score (nSPS) is 27.4. The molecule has 2 bridgehead atoms. The summed E-state index contributed by atoms with van der Waals surface area (Å²) in [6.45, 7) is 0.836. The predicted octanol–water partition coefficient (Wildman–Crippen LogP) is 4.08. The Morgan fingerprint density at radius 2 is 1.80 bits per heavy atom. The SMILES string of the molecule is NC(C(=O)Nc1cccc(F)c1CC[C@H]1CNC2CCCS(=O)(=O)N1C2)C1(c2ccc(F)cc2)CCC(F)(F)CC1. The minimum absolute atomic E-state index is 0.0732. The molecule has 1 amide bonds. The molecule has 2 aromatic rings. The molecule has 224 valence electrons. The molecule has 0 spiro atoms. The van der Waals surface area contributed by atoms with Crippen molar-refractivity contribution in [1.29, 1.82) is 0 Å². The number of sulfonamides is 1. The quantitative estimate of drug-likeness (QED) is 0.418. The van der Waals surface area contributed by atoms with Gasteiger partial charge in [0.25, 0.3) is 0 Å². The Morgan fingerprint density at radius 3 is 2.51 bits per heavy atom. The molecule has 3 fully saturated rings. The monoisotopic (exact) mass is 596 g/mol. The zero-order valence-electron chi connectivity index (χ0n) is 22.7. The molecule has 1 aliphatic carbocycles. The topological polar surface area (TPSA) is 105 Å². The molecular formula is C29H36F4N4O3S. The van der Waals surface area contributed by atoms with Gasteiger partial charge in [0.15, 0.2) is 0 Å². The molecule has 4 N–H and O–H groups in total. The van der Waals surface area contributed by atoms with E-state index in [2.05, 4.69) is 10.6 Å². The van der Waals surface area contributed by atoms with E-state index in [-0.39, 0.29) is 48.3 Å². The van der Waals surface area contributed by atoms with Crippen molar-refractivity contribution >= 4 is 21.6 Å². The molecule has 5 rings (SSSR count). The zero-order chi connectivity index (χ0) is 29.4. The summed E-state index contributed by atoms with van der Waals surface area (Å²) in [7, 11) is -3.42. The van der Waals surface area contributed by atoms with Gasteiger partial charge in [-0.1, -0.05) is 18.2 Å². The molecule has 2 aliphatic heterocycles. The zero-order valence-corrected chi connectivity index (χ0v) is 23.5. The molecule has 41 heavy (non-hydrogen) atoms. The van der Waals surface area contributed by atoms with Crippen molar-refractivity contribution in [3.05, 3.63) is 65.2 Å². The number of rotatable bonds is 7. The van der Waals surface area contributed by atoms with Crippen LogP contribution < -0.4 is 16.4 Å². The molecule has 2 saturated heterocycles. The van der Waals surface area contributed by atoms with Gasteiger partial charge in [-0.2, -0.15) is 4.31 Å². The molecule has 2 aromatic carbocycles. The van der Waals surface area contributed by atoms with Crippen LogP contribution in [0.25, 0.3) is 0 Å². The number of alkyl halides is 2. The first-order valence-corrected chi connectivity index (χ1v) is 15.7. The van der Waals surface area contributed by atoms with Gasteiger partial charge in [0.1, 0.15) is 11.6 Å². The maximum Gasteiger partial charge on any atom is 0.248 e. The smallest absolute Gasteiger partial charge is 0.248 e. The Balaban J connectivity index is 1.35. The lowest BCUT2D eigenvalue weighted by Gasteiger charge is -2.44. The van der Waals surface area contributed by atoms with Gasteiger partial charge in [0, 0.05) is 54.7 Å². The van der Waals surface area contributed by atoms with E-state index in [1.807, 2.05) is 0 Å². The van der Waals surface area contributed by atoms with Gasteiger partial charge in [-0.25, -0.2) is 26.0 Å². The largest absolute Gasteiger partial charge is 0.324 e. The predicted molar refractivity (Wildman–Crippen MR) is 148 cm³/mol. The molecule has 12 heteroatoms. The van der Waals surface area contributed by atoms with Gasteiger partial charge < -0.3 is 16.4 Å². The number of halogens is 4. The number of hydrogen-bond acceptors (Lipinski definition) is 5. The summed E-state index contributed by atoms with van der Waals surface area (Å²) in [6.07, 6.45) is 0.789. The summed E-state index contributed by atoms with van der Waals surface area (Å²) < 4.78 is 84.2. The number of amides is 1. The van der Waals surface area contributed by atoms with Crippen LogP contribution in [0.1, 0.15) is 56.1 Å². The molecule has 0 radical (unpaired) electrons. The van der Waals surface area contributed by atoms with Crippen molar-refractivity contribution in [2.45, 2.75) is 80.8 Å². The number of piperazine rings is 1. The number of nitrogens with one attached hydrogen (secondary N) is 2. The number of carbonyl (C=O) groups is 1. The average molecular weight is 597 g/mol. The number of fused-ring (bicyclic) bond motifs is 2. The number of nitrogens with two attached hydrogens (primary N) is 1. The Kier molecular flexibility index (Phi) is 8.48. The molecule has 3 unspecified atom stereocenters. The van der Waals surface area contributed by atoms with Crippen LogP contribution in [0.15, 0.2) is 42.5 Å². The van der Waals surface area contributed by atoms with Gasteiger partial charge in [-0.15, -0.1) is 0 Å². The molecular weight excluding hydrogens is 560 g/mol. The van der Waals surface area contributed by atoms with E-state index in [9.17, 15) is 26.4 Å². The number of anilines is 1. The third-order valence-electron chi connectivity index (χ3n) is 9.04. The molecule has 1 saturated carbocycles. The summed E-state index contributed by atoms with van der Waals surface area (Å²) in [5, 5.41) is 6.11. The van der Waals surface area contributed by atoms with Gasteiger partial charge in [-0.05, 0) is 68.4 Å². The van der Waals surface area contributed by atoms with Crippen LogP contribution in [0.5, 0.6) is 0 Å². The van der Waals surface area contributed by atoms with E-state index in [4.69, 9.17) is 5.73 Å². The Labute approximate surface area is 237 Å². The second kappa shape index (κ2) is 11.6. The summed E-state index contributed by atoms with van der Waals surface area (Å²) >= 11 is 0. The minimum atomic E-state index is -3.42. The average Bonchev–Trinajstić information content (AvgIpc) is 3.05. The summed E-state index contributed by atoms with van der Waals surface area (Å²) in [6, 6.07) is 8.11. The molecule has 4 atom stereocenters. The highest BCUT2D eigenvalue weighted by Gasteiger charge is 2.49. The van der Waals surface area contributed by atoms with Gasteiger partial charge >= 0.3 is 0 Å². The summed E-state index contributed by atoms with van der Waals surface area (Å²) in [4.78, 5) is 13.5. The van der Waals surface area contributed by atoms with Crippen LogP contribution in [0.2, 0.25) is 0 Å². The number of nitrogens with zero attached hydrogens (tertiary/aromatic N) is 1. The maximum absolute atomic E-state index is 15.1. The standard InChI is InChI=1S/C29H36F4N4O3S/c30-20-8-6-19(7-9-20)28(12-14-29(32,33)15-13-28)26(34)27(38)36-25-5-1-4-24(31)23(25)11-10-22-17-35-21-3-2-16-41(39,40)37(22)18-21/h1,4-9,21-22,26,35H,2-3,10-18,34H2,(H,36,38)/t21?,22-,26?/m0/s1. The van der Waals surface area contributed by atoms with E-state index in [0.717, 1.165) is 6.42 Å². The maximum atomic E-state index is 15.1. The van der Waals surface area contributed by atoms with Gasteiger partial charge in [0.05, 0.1) is 11.8 Å². The van der Waals surface area contributed by atoms with Crippen LogP contribution >= 0.6 is 0 Å². The lowest BCUT2D eigenvalue weighted by molar-refractivity contribution is -0.121. The highest BCUT2D eigenvalue weighted by atomic mass is 32.2. The van der Waals surface area contributed by atoms with Crippen LogP contribution in [-0.4, -0.2) is 61.5 Å². The van der Waals surface area contributed by atoms with Gasteiger partial charge in [0.2, 0.25) is 21.9 Å². The van der Waals surface area contributed by atoms with Crippen LogP contribution in [0.3, 0.4) is 0 Å². The molecule has 7 nitrogen and oxygen atoms in total. The van der Waals surface area contributed by atoms with Crippen LogP contribution in [0, 0.1) is 11.6 Å². The van der Waals surface area contributed by atoms with Crippen LogP contribution in [-0.2, 0) is 26.7 Å². The van der Waals surface area contributed by atoms with Crippen molar-refractivity contribution in [2.75, 3.05) is 24.2 Å². The summed E-state index contributed by atoms with van der Waals surface area (Å²) in [5.74, 6) is -4.51. The fourth-order valence-corrected chi connectivity index (χ4v) is 8.38. The van der Waals surface area contributed by atoms with E-state index in [1.165, 1.54) is 40.7 Å². The van der Waals surface area contributed by atoms with Gasteiger partial charge in [-0.3, -0.25) is 4.79 Å². The number of benzene rings is 2. The number of hydrogen-bond donors (Lipinski definition) is 3. The van der Waals surface area contributed by atoms with Crippen molar-refractivity contribution in [1.82, 2.24) is 9.62 Å². The second-order valence-electron chi connectivity index (χ2n) is 11.6. The Morgan fingerprint density at radius 1 is 1.10 bits per heavy atom. The minimum Gasteiger partial charge on any atom is -0.324 e. The summed E-state index contributed by atoms with van der Waals surface area (Å²) in [5.41, 5.74) is 6.24. The third-order valence-corrected chi connectivity index (χ3v) is 11.0. The van der Waals surface area contributed by atoms with E-state index in [1.54, 1.807) is 6.07 Å².